The molecule has 3 rings (SSSR count). The molecule has 23 heavy (non-hydrogen) atoms. The van der Waals surface area contributed by atoms with Gasteiger partial charge in [0.2, 0.25) is 0 Å². The van der Waals surface area contributed by atoms with E-state index in [2.05, 4.69) is 15.9 Å². The molecule has 1 aromatic rings. The number of nitrogens with two attached hydrogens (primary N) is 1. The number of hydrogen-bond donors (Lipinski definition) is 1. The third kappa shape index (κ3) is 4.44. The van der Waals surface area contributed by atoms with Gasteiger partial charge in [-0.05, 0) is 43.9 Å². The largest absolute Gasteiger partial charge is 0.364 e. The number of rotatable bonds is 5. The highest BCUT2D eigenvalue weighted by Gasteiger charge is 2.39. The van der Waals surface area contributed by atoms with Gasteiger partial charge in [-0.1, -0.05) is 15.9 Å². The first kappa shape index (κ1) is 18.6. The molecule has 1 aromatic carbocycles. The molecule has 7 heteroatoms. The van der Waals surface area contributed by atoms with Gasteiger partial charge in [0.15, 0.2) is 0 Å². The van der Waals surface area contributed by atoms with Crippen LogP contribution in [0, 0.1) is 5.82 Å². The van der Waals surface area contributed by atoms with E-state index in [0.717, 1.165) is 23.7 Å². The Morgan fingerprint density at radius 2 is 2.09 bits per heavy atom. The Bertz CT molecular complexity index is 571. The normalized spacial score (nSPS) is 23.4. The first-order chi connectivity index (χ1) is 10.6. The summed E-state index contributed by atoms with van der Waals surface area (Å²) in [7, 11) is 0. The summed E-state index contributed by atoms with van der Waals surface area (Å²) >= 11 is 3.35. The highest BCUT2D eigenvalue weighted by atomic mass is 79.9. The standard InChI is InChI=1S/C16H20BrFN2O2.ClH/c17-11-1-5-14(18)10(7-11)9-20(12-2-3-12)16(21)15-6-4-13(8-19)22-15;/h1,5,7,12-13,15H,2-4,6,8-9,19H2;1H/t13-,15+;/m1./s1. The second-order valence-corrected chi connectivity index (χ2v) is 6.91. The molecule has 128 valence electrons. The van der Waals surface area contributed by atoms with Crippen molar-refractivity contribution in [2.75, 3.05) is 6.54 Å². The Labute approximate surface area is 150 Å². The zero-order valence-corrected chi connectivity index (χ0v) is 15.1. The Balaban J connectivity index is 0.00000192. The second kappa shape index (κ2) is 7.92. The Kier molecular flexibility index (Phi) is 6.42. The van der Waals surface area contributed by atoms with Crippen LogP contribution in [0.25, 0.3) is 0 Å². The topological polar surface area (TPSA) is 55.6 Å². The van der Waals surface area contributed by atoms with E-state index in [1.54, 1.807) is 17.0 Å². The van der Waals surface area contributed by atoms with Gasteiger partial charge in [0, 0.05) is 29.2 Å². The predicted octanol–water partition coefficient (Wildman–Crippen LogP) is 3.01. The molecule has 4 nitrogen and oxygen atoms in total. The minimum absolute atomic E-state index is 0. The molecule has 0 spiro atoms. The molecule has 1 aliphatic heterocycles. The average molecular weight is 408 g/mol. The summed E-state index contributed by atoms with van der Waals surface area (Å²) in [6.45, 7) is 0.732. The van der Waals surface area contributed by atoms with Crippen molar-refractivity contribution in [1.29, 1.82) is 0 Å². The molecule has 1 saturated heterocycles. The molecule has 0 bridgehead atoms. The summed E-state index contributed by atoms with van der Waals surface area (Å²) in [4.78, 5) is 14.5. The van der Waals surface area contributed by atoms with E-state index in [-0.39, 0.29) is 36.3 Å². The van der Waals surface area contributed by atoms with Crippen LogP contribution >= 0.6 is 28.3 Å². The van der Waals surface area contributed by atoms with Crippen molar-refractivity contribution in [3.05, 3.63) is 34.1 Å². The predicted molar refractivity (Wildman–Crippen MR) is 91.9 cm³/mol. The molecular weight excluding hydrogens is 387 g/mol. The first-order valence-corrected chi connectivity index (χ1v) is 8.47. The zero-order valence-electron chi connectivity index (χ0n) is 12.7. The average Bonchev–Trinajstić information content (AvgIpc) is 3.23. The Morgan fingerprint density at radius 1 is 1.35 bits per heavy atom. The number of nitrogens with zero attached hydrogens (tertiary/aromatic N) is 1. The number of halogens is 3. The summed E-state index contributed by atoms with van der Waals surface area (Å²) < 4.78 is 20.5. The fraction of sp³-hybridized carbons (Fsp3) is 0.562. The smallest absolute Gasteiger partial charge is 0.252 e. The molecule has 1 amide bonds. The van der Waals surface area contributed by atoms with Gasteiger partial charge in [-0.15, -0.1) is 12.4 Å². The molecule has 2 N–H and O–H groups in total. The van der Waals surface area contributed by atoms with Crippen molar-refractivity contribution >= 4 is 34.2 Å². The summed E-state index contributed by atoms with van der Waals surface area (Å²) in [6.07, 6.45) is 3.02. The van der Waals surface area contributed by atoms with Crippen LogP contribution in [0.15, 0.2) is 22.7 Å². The summed E-state index contributed by atoms with van der Waals surface area (Å²) in [5, 5.41) is 0. The number of carbonyl (C=O) groups excluding carboxylic acids is 1. The number of benzene rings is 1. The van der Waals surface area contributed by atoms with Crippen LogP contribution in [-0.4, -0.2) is 35.6 Å². The zero-order chi connectivity index (χ0) is 15.7. The van der Waals surface area contributed by atoms with Gasteiger partial charge in [-0.25, -0.2) is 4.39 Å². The van der Waals surface area contributed by atoms with Crippen LogP contribution < -0.4 is 5.73 Å². The third-order valence-electron chi connectivity index (χ3n) is 4.27. The van der Waals surface area contributed by atoms with Gasteiger partial charge in [0.1, 0.15) is 11.9 Å². The van der Waals surface area contributed by atoms with Crippen molar-refractivity contribution in [2.24, 2.45) is 5.73 Å². The fourth-order valence-corrected chi connectivity index (χ4v) is 3.28. The van der Waals surface area contributed by atoms with Crippen LogP contribution in [0.1, 0.15) is 31.2 Å². The molecule has 1 saturated carbocycles. The fourth-order valence-electron chi connectivity index (χ4n) is 2.87. The van der Waals surface area contributed by atoms with E-state index < -0.39 is 6.10 Å². The van der Waals surface area contributed by atoms with Crippen LogP contribution in [0.4, 0.5) is 4.39 Å². The van der Waals surface area contributed by atoms with Crippen LogP contribution in [0.2, 0.25) is 0 Å². The van der Waals surface area contributed by atoms with Gasteiger partial charge in [0.05, 0.1) is 6.10 Å². The lowest BCUT2D eigenvalue weighted by Crippen LogP contribution is -2.40. The minimum atomic E-state index is -0.427. The molecule has 0 unspecified atom stereocenters. The molecule has 2 fully saturated rings. The Morgan fingerprint density at radius 3 is 2.70 bits per heavy atom. The summed E-state index contributed by atoms with van der Waals surface area (Å²) in [6, 6.07) is 5.03. The molecule has 2 atom stereocenters. The summed E-state index contributed by atoms with van der Waals surface area (Å²) in [5.41, 5.74) is 6.13. The van der Waals surface area contributed by atoms with E-state index in [1.165, 1.54) is 6.07 Å². The first-order valence-electron chi connectivity index (χ1n) is 7.68. The molecule has 1 aliphatic carbocycles. The highest BCUT2D eigenvalue weighted by Crippen LogP contribution is 2.32. The van der Waals surface area contributed by atoms with Gasteiger partial charge in [-0.3, -0.25) is 4.79 Å². The second-order valence-electron chi connectivity index (χ2n) is 5.99. The van der Waals surface area contributed by atoms with Gasteiger partial charge < -0.3 is 15.4 Å². The number of ether oxygens (including phenoxy) is 1. The van der Waals surface area contributed by atoms with Crippen molar-refractivity contribution in [3.8, 4) is 0 Å². The maximum Gasteiger partial charge on any atom is 0.252 e. The van der Waals surface area contributed by atoms with Crippen molar-refractivity contribution in [3.63, 3.8) is 0 Å². The third-order valence-corrected chi connectivity index (χ3v) is 4.76. The highest BCUT2D eigenvalue weighted by molar-refractivity contribution is 9.10. The van der Waals surface area contributed by atoms with E-state index in [9.17, 15) is 9.18 Å². The molecule has 0 aromatic heterocycles. The van der Waals surface area contributed by atoms with Gasteiger partial charge >= 0.3 is 0 Å². The van der Waals surface area contributed by atoms with Crippen molar-refractivity contribution < 1.29 is 13.9 Å². The molecule has 0 radical (unpaired) electrons. The lowest BCUT2D eigenvalue weighted by atomic mass is 10.1. The van der Waals surface area contributed by atoms with E-state index in [0.29, 0.717) is 25.1 Å². The molecular formula is C16H21BrClFN2O2. The molecule has 2 aliphatic rings. The summed E-state index contributed by atoms with van der Waals surface area (Å²) in [5.74, 6) is -0.313. The quantitative estimate of drug-likeness (QED) is 0.816. The van der Waals surface area contributed by atoms with Crippen LogP contribution in [0.5, 0.6) is 0 Å². The SMILES string of the molecule is Cl.NC[C@H]1CC[C@@H](C(=O)N(Cc2cc(Br)ccc2F)C2CC2)O1. The monoisotopic (exact) mass is 406 g/mol. The number of carbonyl (C=O) groups is 1. The lowest BCUT2D eigenvalue weighted by molar-refractivity contribution is -0.144. The van der Waals surface area contributed by atoms with E-state index >= 15 is 0 Å². The minimum Gasteiger partial charge on any atom is -0.364 e. The van der Waals surface area contributed by atoms with E-state index in [1.807, 2.05) is 0 Å². The van der Waals surface area contributed by atoms with E-state index in [4.69, 9.17) is 10.5 Å². The number of hydrogen-bond acceptors (Lipinski definition) is 3. The van der Waals surface area contributed by atoms with Crippen molar-refractivity contribution in [2.45, 2.75) is 50.5 Å². The maximum absolute atomic E-state index is 14.0. The van der Waals surface area contributed by atoms with Gasteiger partial charge in [0.25, 0.3) is 5.91 Å². The van der Waals surface area contributed by atoms with Gasteiger partial charge in [-0.2, -0.15) is 0 Å². The van der Waals surface area contributed by atoms with Crippen molar-refractivity contribution in [1.82, 2.24) is 4.90 Å². The van der Waals surface area contributed by atoms with Crippen LogP contribution in [-0.2, 0) is 16.1 Å². The lowest BCUT2D eigenvalue weighted by Gasteiger charge is -2.26. The molecule has 1 heterocycles. The Hall–Kier alpha value is -0.690. The van der Waals surface area contributed by atoms with Crippen LogP contribution in [0.3, 0.4) is 0 Å². The maximum atomic E-state index is 14.0. The number of amides is 1.